The molecular formula is C28H41NO8Si. The number of nitrogens with one attached hydrogen (secondary N) is 1. The Labute approximate surface area is 226 Å². The Morgan fingerprint density at radius 2 is 1.53 bits per heavy atom. The van der Waals surface area contributed by atoms with Crippen LogP contribution in [-0.4, -0.2) is 67.6 Å². The van der Waals surface area contributed by atoms with Gasteiger partial charge in [-0.2, -0.15) is 0 Å². The third-order valence-electron chi connectivity index (χ3n) is 5.57. The van der Waals surface area contributed by atoms with Gasteiger partial charge in [0.1, 0.15) is 5.75 Å². The Hall–Kier alpha value is -2.92. The van der Waals surface area contributed by atoms with Gasteiger partial charge in [-0.1, -0.05) is 30.3 Å². The largest absolute Gasteiger partial charge is 0.500 e. The van der Waals surface area contributed by atoms with Gasteiger partial charge in [-0.25, -0.2) is 9.59 Å². The molecule has 210 valence electrons. The first-order valence-electron chi connectivity index (χ1n) is 13.2. The maximum absolute atomic E-state index is 12.0. The Bertz CT molecular complexity index is 1010. The number of hydrogen-bond acceptors (Lipinski definition) is 8. The summed E-state index contributed by atoms with van der Waals surface area (Å²) in [6.45, 7) is 8.61. The fraction of sp³-hybridized carbons (Fsp3) is 0.500. The second kappa shape index (κ2) is 17.6. The average Bonchev–Trinajstić information content (AvgIpc) is 2.92. The zero-order valence-electron chi connectivity index (χ0n) is 23.0. The molecule has 0 unspecified atom stereocenters. The van der Waals surface area contributed by atoms with E-state index < -0.39 is 20.9 Å². The van der Waals surface area contributed by atoms with Crippen LogP contribution < -0.4 is 10.1 Å². The predicted octanol–water partition coefficient (Wildman–Crippen LogP) is 5.35. The molecule has 0 bridgehead atoms. The Kier molecular flexibility index (Phi) is 14.5. The first-order chi connectivity index (χ1) is 18.5. The normalized spacial score (nSPS) is 11.6. The van der Waals surface area contributed by atoms with Crippen LogP contribution in [0.15, 0.2) is 42.5 Å². The molecular weight excluding hydrogens is 506 g/mol. The Morgan fingerprint density at radius 1 is 0.868 bits per heavy atom. The van der Waals surface area contributed by atoms with Crippen molar-refractivity contribution in [2.24, 2.45) is 0 Å². The number of ether oxygens (including phenoxy) is 3. The number of methoxy groups -OCH3 is 1. The van der Waals surface area contributed by atoms with Crippen molar-refractivity contribution < 1.29 is 37.1 Å². The second-order valence-electron chi connectivity index (χ2n) is 8.26. The highest BCUT2D eigenvalue weighted by molar-refractivity contribution is 6.60. The first-order valence-corrected chi connectivity index (χ1v) is 15.1. The molecule has 0 heterocycles. The molecule has 0 aliphatic rings. The van der Waals surface area contributed by atoms with E-state index in [1.165, 1.54) is 13.2 Å². The van der Waals surface area contributed by atoms with Crippen LogP contribution in [-0.2, 0) is 27.5 Å². The smallest absolute Gasteiger partial charge is 0.493 e. The SMILES string of the molecule is CCO[Si](CCCNC(=O)OCCCCOc1ccc(/C=C/C(=O)OC)c2ccccc12)(OCC)OCC. The summed E-state index contributed by atoms with van der Waals surface area (Å²) in [6.07, 6.45) is 4.78. The topological polar surface area (TPSA) is 102 Å². The lowest BCUT2D eigenvalue weighted by Gasteiger charge is -2.28. The lowest BCUT2D eigenvalue weighted by atomic mass is 10.0. The Morgan fingerprint density at radius 3 is 2.18 bits per heavy atom. The third kappa shape index (κ3) is 10.4. The quantitative estimate of drug-likeness (QED) is 0.115. The molecule has 38 heavy (non-hydrogen) atoms. The molecule has 0 spiro atoms. The average molecular weight is 548 g/mol. The van der Waals surface area contributed by atoms with Crippen LogP contribution in [0.2, 0.25) is 6.04 Å². The summed E-state index contributed by atoms with van der Waals surface area (Å²) in [7, 11) is -1.35. The molecule has 0 aliphatic heterocycles. The number of fused-ring (bicyclic) bond motifs is 1. The van der Waals surface area contributed by atoms with Crippen molar-refractivity contribution in [3.63, 3.8) is 0 Å². The summed E-state index contributed by atoms with van der Waals surface area (Å²) in [4.78, 5) is 23.5. The van der Waals surface area contributed by atoms with Gasteiger partial charge in [-0.15, -0.1) is 0 Å². The van der Waals surface area contributed by atoms with Crippen LogP contribution in [0.25, 0.3) is 16.8 Å². The van der Waals surface area contributed by atoms with Crippen LogP contribution in [0.5, 0.6) is 5.75 Å². The Balaban J connectivity index is 1.70. The van der Waals surface area contributed by atoms with E-state index in [9.17, 15) is 9.59 Å². The molecule has 0 atom stereocenters. The number of carbonyl (C=O) groups is 2. The van der Waals surface area contributed by atoms with Gasteiger partial charge >= 0.3 is 20.9 Å². The van der Waals surface area contributed by atoms with E-state index in [4.69, 9.17) is 22.8 Å². The van der Waals surface area contributed by atoms with Crippen molar-refractivity contribution in [1.82, 2.24) is 5.32 Å². The van der Waals surface area contributed by atoms with Gasteiger partial charge in [0.2, 0.25) is 0 Å². The van der Waals surface area contributed by atoms with E-state index in [2.05, 4.69) is 10.1 Å². The number of rotatable bonds is 18. The maximum Gasteiger partial charge on any atom is 0.500 e. The zero-order valence-corrected chi connectivity index (χ0v) is 24.0. The van der Waals surface area contributed by atoms with Crippen molar-refractivity contribution in [2.75, 3.05) is 46.7 Å². The molecule has 0 saturated heterocycles. The van der Waals surface area contributed by atoms with Crippen LogP contribution in [0.1, 0.15) is 45.6 Å². The van der Waals surface area contributed by atoms with Gasteiger partial charge in [0.25, 0.3) is 0 Å². The van der Waals surface area contributed by atoms with Gasteiger partial charge in [0, 0.05) is 43.9 Å². The number of benzene rings is 2. The fourth-order valence-electron chi connectivity index (χ4n) is 3.89. The summed E-state index contributed by atoms with van der Waals surface area (Å²) in [5, 5.41) is 4.71. The van der Waals surface area contributed by atoms with E-state index in [0.717, 1.165) is 28.5 Å². The van der Waals surface area contributed by atoms with Crippen LogP contribution >= 0.6 is 0 Å². The number of amides is 1. The molecule has 10 heteroatoms. The molecule has 0 fully saturated rings. The molecule has 0 radical (unpaired) electrons. The highest BCUT2D eigenvalue weighted by atomic mass is 28.4. The van der Waals surface area contributed by atoms with Crippen molar-refractivity contribution in [3.05, 3.63) is 48.0 Å². The van der Waals surface area contributed by atoms with Crippen LogP contribution in [0.4, 0.5) is 4.79 Å². The molecule has 0 aliphatic carbocycles. The van der Waals surface area contributed by atoms with Crippen molar-refractivity contribution in [2.45, 2.75) is 46.1 Å². The molecule has 1 amide bonds. The van der Waals surface area contributed by atoms with E-state index in [0.29, 0.717) is 58.5 Å². The highest BCUT2D eigenvalue weighted by Gasteiger charge is 2.39. The summed E-state index contributed by atoms with van der Waals surface area (Å²) >= 11 is 0. The lowest BCUT2D eigenvalue weighted by molar-refractivity contribution is -0.134. The minimum absolute atomic E-state index is 0.308. The van der Waals surface area contributed by atoms with Crippen molar-refractivity contribution in [3.8, 4) is 5.75 Å². The van der Waals surface area contributed by atoms with Crippen molar-refractivity contribution in [1.29, 1.82) is 0 Å². The number of esters is 1. The number of alkyl carbamates (subject to hydrolysis) is 1. The molecule has 9 nitrogen and oxygen atoms in total. The summed E-state index contributed by atoms with van der Waals surface area (Å²) in [5.41, 5.74) is 0.902. The van der Waals surface area contributed by atoms with Crippen molar-refractivity contribution >= 4 is 37.7 Å². The zero-order chi connectivity index (χ0) is 27.6. The molecule has 0 aromatic heterocycles. The maximum atomic E-state index is 12.0. The van der Waals surface area contributed by atoms with E-state index >= 15 is 0 Å². The van der Waals surface area contributed by atoms with Gasteiger partial charge in [0.05, 0.1) is 20.3 Å². The molecule has 1 N–H and O–H groups in total. The second-order valence-corrected chi connectivity index (χ2v) is 11.0. The standard InChI is InChI=1S/C28H41NO8Si/c1-5-35-38(36-6-2,37-7-3)22-12-19-29-28(31)34-21-11-10-20-33-26-17-15-23(16-18-27(30)32-4)24-13-8-9-14-25(24)26/h8-9,13-18H,5-7,10-12,19-22H2,1-4H3,(H,29,31)/b18-16+. The minimum Gasteiger partial charge on any atom is -0.493 e. The molecule has 2 aromatic rings. The fourth-order valence-corrected chi connectivity index (χ4v) is 6.50. The molecule has 2 rings (SSSR count). The molecule has 2 aromatic carbocycles. The van der Waals surface area contributed by atoms with E-state index in [-0.39, 0.29) is 0 Å². The summed E-state index contributed by atoms with van der Waals surface area (Å²) in [6, 6.07) is 12.3. The molecule has 0 saturated carbocycles. The predicted molar refractivity (Wildman–Crippen MR) is 149 cm³/mol. The number of unbranched alkanes of at least 4 members (excludes halogenated alkanes) is 1. The van der Waals surface area contributed by atoms with E-state index in [1.54, 1.807) is 6.08 Å². The lowest BCUT2D eigenvalue weighted by Crippen LogP contribution is -2.46. The number of carbonyl (C=O) groups excluding carboxylic acids is 2. The first kappa shape index (κ1) is 31.3. The van der Waals surface area contributed by atoms with E-state index in [1.807, 2.05) is 57.2 Å². The summed E-state index contributed by atoms with van der Waals surface area (Å²) < 4.78 is 33.4. The summed E-state index contributed by atoms with van der Waals surface area (Å²) in [5.74, 6) is 0.360. The van der Waals surface area contributed by atoms with Gasteiger partial charge in [-0.05, 0) is 63.1 Å². The monoisotopic (exact) mass is 547 g/mol. The highest BCUT2D eigenvalue weighted by Crippen LogP contribution is 2.29. The minimum atomic E-state index is -2.69. The van der Waals surface area contributed by atoms with Gasteiger partial charge in [-0.3, -0.25) is 0 Å². The van der Waals surface area contributed by atoms with Gasteiger partial charge in [0.15, 0.2) is 0 Å². The van der Waals surface area contributed by atoms with Gasteiger partial charge < -0.3 is 32.8 Å². The van der Waals surface area contributed by atoms with Crippen LogP contribution in [0.3, 0.4) is 0 Å². The third-order valence-corrected chi connectivity index (χ3v) is 8.72. The van der Waals surface area contributed by atoms with Crippen LogP contribution in [0, 0.1) is 0 Å². The number of hydrogen-bond donors (Lipinski definition) is 1.